The van der Waals surface area contributed by atoms with E-state index in [1.165, 1.54) is 0 Å². The Labute approximate surface area is 143 Å². The lowest BCUT2D eigenvalue weighted by molar-refractivity contribution is -0.656. The zero-order valence-electron chi connectivity index (χ0n) is 12.4. The second-order valence-corrected chi connectivity index (χ2v) is 5.59. The second kappa shape index (κ2) is 9.39. The predicted octanol–water partition coefficient (Wildman–Crippen LogP) is 0.257. The molecular weight excluding hydrogens is 345 g/mol. The molecule has 3 N–H and O–H groups in total. The van der Waals surface area contributed by atoms with Crippen LogP contribution < -0.4 is 15.2 Å². The zero-order valence-corrected chi connectivity index (χ0v) is 13.9. The molecule has 1 heterocycles. The zero-order chi connectivity index (χ0) is 17.4. The van der Waals surface area contributed by atoms with Crippen molar-refractivity contribution in [3.63, 3.8) is 0 Å². The molecule has 0 bridgehead atoms. The number of likely N-dealkylation sites (N-methyl/N-ethyl adjacent to an activating group) is 1. The number of aliphatic carboxylic acids is 2. The number of carboxylic acids is 2. The highest BCUT2D eigenvalue weighted by Crippen LogP contribution is 2.37. The van der Waals surface area contributed by atoms with E-state index in [1.807, 2.05) is 6.07 Å². The maximum atomic E-state index is 9.53. The molecule has 0 spiro atoms. The third-order valence-corrected chi connectivity index (χ3v) is 3.40. The molecule has 1 aromatic carbocycles. The summed E-state index contributed by atoms with van der Waals surface area (Å²) in [6.45, 7) is 4.18. The van der Waals surface area contributed by atoms with Gasteiger partial charge in [-0.05, 0) is 25.1 Å². The van der Waals surface area contributed by atoms with Crippen molar-refractivity contribution in [2.24, 2.45) is 0 Å². The minimum atomic E-state index is -1.51. The molecule has 126 valence electrons. The van der Waals surface area contributed by atoms with Crippen molar-refractivity contribution in [2.75, 3.05) is 13.1 Å². The molecule has 1 unspecified atom stereocenters. The summed E-state index contributed by atoms with van der Waals surface area (Å²) in [6.07, 6.45) is 2.08. The topological polar surface area (TPSA) is 103 Å². The molecule has 23 heavy (non-hydrogen) atoms. The number of rotatable bonds is 5. The van der Waals surface area contributed by atoms with E-state index in [0.717, 1.165) is 30.8 Å². The fraction of sp³-hybridized carbons (Fsp3) is 0.333. The fourth-order valence-electron chi connectivity index (χ4n) is 1.97. The number of carboxylic acid groups (broad SMARTS) is 2. The number of benzene rings is 1. The van der Waals surface area contributed by atoms with Crippen molar-refractivity contribution in [3.05, 3.63) is 39.9 Å². The molecule has 0 aliphatic carbocycles. The summed E-state index contributed by atoms with van der Waals surface area (Å²) < 4.78 is 5.77. The number of hydrogen-bond donors (Lipinski definition) is 2. The molecule has 1 aromatic rings. The lowest BCUT2D eigenvalue weighted by Crippen LogP contribution is -2.86. The molecule has 2 rings (SSSR count). The Morgan fingerprint density at radius 3 is 2.65 bits per heavy atom. The highest BCUT2D eigenvalue weighted by molar-refractivity contribution is 6.35. The summed E-state index contributed by atoms with van der Waals surface area (Å²) in [5.41, 5.74) is 1.13. The molecule has 8 heteroatoms. The normalized spacial score (nSPS) is 15.5. The van der Waals surface area contributed by atoms with Crippen LogP contribution in [0.15, 0.2) is 24.3 Å². The van der Waals surface area contributed by atoms with E-state index >= 15 is 0 Å². The summed E-state index contributed by atoms with van der Waals surface area (Å²) in [4.78, 5) is 19.0. The predicted molar refractivity (Wildman–Crippen MR) is 83.7 cm³/mol. The van der Waals surface area contributed by atoms with Crippen molar-refractivity contribution < 1.29 is 29.9 Å². The average molecular weight is 362 g/mol. The number of ether oxygens (including phenoxy) is 1. The van der Waals surface area contributed by atoms with Crippen molar-refractivity contribution in [1.29, 1.82) is 0 Å². The SMILES string of the molecule is CC[NH2+]CC1Cc2cc(Cl)cc(Cl)c2O1.O=C([O-])/C=C\C(=O)O. The molecule has 0 saturated heterocycles. The number of halogens is 2. The quantitative estimate of drug-likeness (QED) is 0.732. The van der Waals surface area contributed by atoms with Gasteiger partial charge in [-0.1, -0.05) is 23.2 Å². The first-order chi connectivity index (χ1) is 10.8. The van der Waals surface area contributed by atoms with Crippen LogP contribution in [0.1, 0.15) is 12.5 Å². The first-order valence-corrected chi connectivity index (χ1v) is 7.67. The van der Waals surface area contributed by atoms with Gasteiger partial charge in [-0.15, -0.1) is 0 Å². The lowest BCUT2D eigenvalue weighted by atomic mass is 10.1. The molecule has 0 amide bonds. The summed E-state index contributed by atoms with van der Waals surface area (Å²) in [7, 11) is 0. The second-order valence-electron chi connectivity index (χ2n) is 4.74. The third-order valence-electron chi connectivity index (χ3n) is 2.90. The Morgan fingerprint density at radius 2 is 2.13 bits per heavy atom. The molecule has 0 aromatic heterocycles. The van der Waals surface area contributed by atoms with Crippen LogP contribution in [-0.4, -0.2) is 36.2 Å². The molecule has 0 radical (unpaired) electrons. The maximum absolute atomic E-state index is 9.53. The monoisotopic (exact) mass is 361 g/mol. The van der Waals surface area contributed by atoms with Gasteiger partial charge < -0.3 is 25.1 Å². The first-order valence-electron chi connectivity index (χ1n) is 6.91. The molecule has 0 saturated carbocycles. The van der Waals surface area contributed by atoms with Crippen LogP contribution in [0.5, 0.6) is 5.75 Å². The maximum Gasteiger partial charge on any atom is 0.328 e. The number of quaternary nitrogens is 1. The number of nitrogens with two attached hydrogens (primary N) is 1. The average Bonchev–Trinajstić information content (AvgIpc) is 2.86. The Balaban J connectivity index is 0.000000284. The number of carbonyl (C=O) groups is 2. The van der Waals surface area contributed by atoms with E-state index in [0.29, 0.717) is 22.2 Å². The number of carbonyl (C=O) groups excluding carboxylic acids is 1. The summed E-state index contributed by atoms with van der Waals surface area (Å²) >= 11 is 12.0. The standard InChI is InChI=1S/C11H13Cl2NO.C4H4O4/c1-2-14-6-9-4-7-3-8(12)5-10(13)11(7)15-9;5-3(6)1-2-4(7)8/h3,5,9,14H,2,4,6H2,1H3;1-2H,(H,5,6)(H,7,8)/b;2-1-. The van der Waals surface area contributed by atoms with Gasteiger partial charge in [0.1, 0.15) is 12.3 Å². The van der Waals surface area contributed by atoms with Crippen molar-refractivity contribution in [2.45, 2.75) is 19.4 Å². The van der Waals surface area contributed by atoms with Crippen molar-refractivity contribution in [1.82, 2.24) is 0 Å². The van der Waals surface area contributed by atoms with Crippen LogP contribution in [0.4, 0.5) is 0 Å². The Kier molecular flexibility index (Phi) is 7.88. The minimum absolute atomic E-state index is 0.232. The molecule has 1 aliphatic heterocycles. The summed E-state index contributed by atoms with van der Waals surface area (Å²) in [6, 6.07) is 3.67. The number of fused-ring (bicyclic) bond motifs is 1. The summed E-state index contributed by atoms with van der Waals surface area (Å²) in [5.74, 6) is -1.99. The highest BCUT2D eigenvalue weighted by atomic mass is 35.5. The van der Waals surface area contributed by atoms with Crippen LogP contribution in [0.2, 0.25) is 10.0 Å². The van der Waals surface area contributed by atoms with Gasteiger partial charge in [0.05, 0.1) is 17.5 Å². The molecular formula is C15H17Cl2NO5. The third kappa shape index (κ3) is 6.90. The van der Waals surface area contributed by atoms with E-state index in [9.17, 15) is 14.7 Å². The van der Waals surface area contributed by atoms with Crippen molar-refractivity contribution >= 4 is 35.1 Å². The van der Waals surface area contributed by atoms with E-state index in [1.54, 1.807) is 6.07 Å². The van der Waals surface area contributed by atoms with Crippen LogP contribution in [-0.2, 0) is 16.0 Å². The lowest BCUT2D eigenvalue weighted by Gasteiger charge is -2.08. The minimum Gasteiger partial charge on any atom is -0.545 e. The van der Waals surface area contributed by atoms with Gasteiger partial charge in [0.25, 0.3) is 0 Å². The molecule has 0 fully saturated rings. The van der Waals surface area contributed by atoms with E-state index in [4.69, 9.17) is 33.0 Å². The van der Waals surface area contributed by atoms with E-state index in [2.05, 4.69) is 12.2 Å². The first kappa shape index (κ1) is 19.3. The molecule has 1 atom stereocenters. The Hall–Kier alpha value is -1.76. The van der Waals surface area contributed by atoms with Crippen LogP contribution in [0.3, 0.4) is 0 Å². The largest absolute Gasteiger partial charge is 0.545 e. The number of hydrogen-bond acceptors (Lipinski definition) is 4. The van der Waals surface area contributed by atoms with Gasteiger partial charge in [-0.2, -0.15) is 0 Å². The summed E-state index contributed by atoms with van der Waals surface area (Å²) in [5, 5.41) is 20.8. The fourth-order valence-corrected chi connectivity index (χ4v) is 2.55. The van der Waals surface area contributed by atoms with E-state index in [-0.39, 0.29) is 6.10 Å². The van der Waals surface area contributed by atoms with Gasteiger partial charge in [0, 0.05) is 23.1 Å². The van der Waals surface area contributed by atoms with Crippen molar-refractivity contribution in [3.8, 4) is 5.75 Å². The van der Waals surface area contributed by atoms with Crippen LogP contribution in [0.25, 0.3) is 0 Å². The van der Waals surface area contributed by atoms with Gasteiger partial charge in [0.2, 0.25) is 0 Å². The van der Waals surface area contributed by atoms with Gasteiger partial charge in [0.15, 0.2) is 6.10 Å². The Morgan fingerprint density at radius 1 is 1.43 bits per heavy atom. The van der Waals surface area contributed by atoms with Crippen LogP contribution in [0, 0.1) is 0 Å². The van der Waals surface area contributed by atoms with Gasteiger partial charge in [-0.3, -0.25) is 0 Å². The smallest absolute Gasteiger partial charge is 0.328 e. The van der Waals surface area contributed by atoms with E-state index < -0.39 is 11.9 Å². The van der Waals surface area contributed by atoms with Crippen LogP contribution >= 0.6 is 23.2 Å². The molecule has 6 nitrogen and oxygen atoms in total. The molecule has 1 aliphatic rings. The highest BCUT2D eigenvalue weighted by Gasteiger charge is 2.26. The Bertz CT molecular complexity index is 588. The van der Waals surface area contributed by atoms with Gasteiger partial charge >= 0.3 is 5.97 Å². The van der Waals surface area contributed by atoms with Gasteiger partial charge in [-0.25, -0.2) is 4.79 Å².